The maximum atomic E-state index is 13.3. The van der Waals surface area contributed by atoms with Crippen molar-refractivity contribution in [3.63, 3.8) is 0 Å². The van der Waals surface area contributed by atoms with Crippen LogP contribution in [0, 0.1) is 17.3 Å². The van der Waals surface area contributed by atoms with Crippen LogP contribution in [0.5, 0.6) is 0 Å². The molecule has 0 amide bonds. The van der Waals surface area contributed by atoms with Gasteiger partial charge in [-0.2, -0.15) is 0 Å². The fourth-order valence-corrected chi connectivity index (χ4v) is 7.45. The lowest BCUT2D eigenvalue weighted by molar-refractivity contribution is -0.136. The van der Waals surface area contributed by atoms with Crippen LogP contribution in [0.15, 0.2) is 11.1 Å². The minimum Gasteiger partial charge on any atom is -0.458 e. The third kappa shape index (κ3) is 1.10. The third-order valence-corrected chi connectivity index (χ3v) is 8.85. The average Bonchev–Trinajstić information content (AvgIpc) is 3.47. The van der Waals surface area contributed by atoms with Crippen molar-refractivity contribution in [1.29, 1.82) is 0 Å². The van der Waals surface area contributed by atoms with Crippen molar-refractivity contribution in [2.75, 3.05) is 6.61 Å². The molecule has 4 aliphatic heterocycles. The summed E-state index contributed by atoms with van der Waals surface area (Å²) in [6, 6.07) is 0. The smallest absolute Gasteiger partial charge is 0.334 e. The molecule has 26 heavy (non-hydrogen) atoms. The van der Waals surface area contributed by atoms with Crippen LogP contribution in [0.4, 0.5) is 0 Å². The first-order valence-electron chi connectivity index (χ1n) is 9.81. The summed E-state index contributed by atoms with van der Waals surface area (Å²) in [6.07, 6.45) is 1.84. The molecule has 5 fully saturated rings. The molecule has 7 rings (SSSR count). The first kappa shape index (κ1) is 14.8. The van der Waals surface area contributed by atoms with Crippen molar-refractivity contribution in [3.8, 4) is 0 Å². The minimum atomic E-state index is -0.714. The Balaban J connectivity index is 1.39. The Morgan fingerprint density at radius 2 is 1.96 bits per heavy atom. The molecule has 0 aromatic carbocycles. The molecule has 2 spiro atoms. The Morgan fingerprint density at radius 1 is 1.15 bits per heavy atom. The van der Waals surface area contributed by atoms with Gasteiger partial charge in [0.25, 0.3) is 0 Å². The molecular weight excluding hydrogens is 336 g/mol. The second-order valence-electron chi connectivity index (χ2n) is 9.73. The number of fused-ring (bicyclic) bond motifs is 3. The number of ether oxygens (including phenoxy) is 4. The normalized spacial score (nSPS) is 60.3. The lowest BCUT2D eigenvalue weighted by Gasteiger charge is -2.51. The zero-order valence-electron chi connectivity index (χ0n) is 15.2. The van der Waals surface area contributed by atoms with Crippen LogP contribution in [0.1, 0.15) is 40.0 Å². The number of hydrogen-bond donors (Lipinski definition) is 0. The van der Waals surface area contributed by atoms with Crippen molar-refractivity contribution in [3.05, 3.63) is 11.1 Å². The maximum Gasteiger partial charge on any atom is 0.334 e. The van der Waals surface area contributed by atoms with E-state index in [0.717, 1.165) is 24.0 Å². The van der Waals surface area contributed by atoms with Gasteiger partial charge in [0.2, 0.25) is 0 Å². The number of Topliss-reactive ketones (excluding diaryl/α,β-unsaturated/α-hetero) is 1. The van der Waals surface area contributed by atoms with Gasteiger partial charge in [0.1, 0.15) is 18.3 Å². The van der Waals surface area contributed by atoms with Crippen LogP contribution in [0.25, 0.3) is 0 Å². The van der Waals surface area contributed by atoms with Crippen LogP contribution < -0.4 is 0 Å². The molecule has 3 aliphatic carbocycles. The second kappa shape index (κ2) is 3.69. The van der Waals surface area contributed by atoms with E-state index in [0.29, 0.717) is 13.0 Å². The fraction of sp³-hybridized carbons (Fsp3) is 0.800. The quantitative estimate of drug-likeness (QED) is 0.519. The predicted octanol–water partition coefficient (Wildman–Crippen LogP) is 1.31. The summed E-state index contributed by atoms with van der Waals surface area (Å²) < 4.78 is 24.2. The summed E-state index contributed by atoms with van der Waals surface area (Å²) in [5, 5.41) is 0. The van der Waals surface area contributed by atoms with Gasteiger partial charge in [0.15, 0.2) is 23.1 Å². The number of carbonyl (C=O) groups is 2. The Bertz CT molecular complexity index is 860. The molecule has 4 heterocycles. The van der Waals surface area contributed by atoms with Crippen molar-refractivity contribution in [1.82, 2.24) is 0 Å². The second-order valence-corrected chi connectivity index (χ2v) is 9.73. The van der Waals surface area contributed by atoms with Gasteiger partial charge in [-0.05, 0) is 36.7 Å². The van der Waals surface area contributed by atoms with Gasteiger partial charge in [-0.25, -0.2) is 4.79 Å². The van der Waals surface area contributed by atoms with Crippen LogP contribution in [-0.4, -0.2) is 53.5 Å². The number of esters is 1. The molecule has 0 bridgehead atoms. The highest BCUT2D eigenvalue weighted by Crippen LogP contribution is 2.82. The number of epoxide rings is 3. The zero-order valence-corrected chi connectivity index (χ0v) is 15.2. The third-order valence-electron chi connectivity index (χ3n) is 8.85. The molecule has 138 valence electrons. The van der Waals surface area contributed by atoms with Gasteiger partial charge >= 0.3 is 5.97 Å². The summed E-state index contributed by atoms with van der Waals surface area (Å²) in [5.41, 5.74) is -0.00943. The Kier molecular flexibility index (Phi) is 2.10. The Hall–Kier alpha value is -1.24. The van der Waals surface area contributed by atoms with E-state index in [1.54, 1.807) is 0 Å². The molecule has 0 radical (unpaired) electrons. The zero-order chi connectivity index (χ0) is 17.9. The van der Waals surface area contributed by atoms with E-state index in [9.17, 15) is 9.59 Å². The standard InChI is InChI=1S/C20H22O6/c1-8(2)18-13(21)14-20(25-14)17(3)5-4-9-10(7-23-15(9)22)11(17)6-12-19(20,24-12)16(18)26-18/h8,11-12,14,16H,4-7H2,1-3H3/t11-,12-,14-,16+,17-,18+,19+,20+/m0/s1. The molecule has 6 heteroatoms. The van der Waals surface area contributed by atoms with Gasteiger partial charge < -0.3 is 18.9 Å². The maximum absolute atomic E-state index is 13.3. The van der Waals surface area contributed by atoms with Gasteiger partial charge in [-0.15, -0.1) is 0 Å². The van der Waals surface area contributed by atoms with Crippen LogP contribution in [0.3, 0.4) is 0 Å². The SMILES string of the molecule is CC(C)[C@]12O[C@H]1[C@]13O[C@H]1C[C@H]1C4=C(CC[C@]1(C)[C@@]31O[C@H]1C2=O)C(=O)OC4. The Labute approximate surface area is 151 Å². The van der Waals surface area contributed by atoms with E-state index in [1.165, 1.54) is 0 Å². The molecule has 3 saturated heterocycles. The lowest BCUT2D eigenvalue weighted by atomic mass is 9.47. The van der Waals surface area contributed by atoms with Gasteiger partial charge in [-0.1, -0.05) is 20.8 Å². The molecule has 0 unspecified atom stereocenters. The summed E-state index contributed by atoms with van der Waals surface area (Å²) in [7, 11) is 0. The topological polar surface area (TPSA) is 81.0 Å². The fourth-order valence-electron chi connectivity index (χ4n) is 7.45. The molecule has 0 aromatic heterocycles. The molecule has 7 aliphatic rings. The summed E-state index contributed by atoms with van der Waals surface area (Å²) in [6.45, 7) is 6.72. The summed E-state index contributed by atoms with van der Waals surface area (Å²) in [5.74, 6) is 0.248. The highest BCUT2D eigenvalue weighted by molar-refractivity contribution is 6.01. The van der Waals surface area contributed by atoms with Crippen molar-refractivity contribution < 1.29 is 28.5 Å². The number of ketones is 1. The predicted molar refractivity (Wildman–Crippen MR) is 86.1 cm³/mol. The highest BCUT2D eigenvalue weighted by Gasteiger charge is 3.01. The van der Waals surface area contributed by atoms with E-state index < -0.39 is 22.9 Å². The van der Waals surface area contributed by atoms with E-state index in [2.05, 4.69) is 6.92 Å². The molecule has 6 nitrogen and oxygen atoms in total. The van der Waals surface area contributed by atoms with Crippen molar-refractivity contribution >= 4 is 11.8 Å². The molecule has 2 saturated carbocycles. The number of hydrogen-bond acceptors (Lipinski definition) is 6. The summed E-state index contributed by atoms with van der Waals surface area (Å²) in [4.78, 5) is 25.3. The minimum absolute atomic E-state index is 0.0480. The van der Waals surface area contributed by atoms with E-state index in [-0.39, 0.29) is 41.2 Å². The van der Waals surface area contributed by atoms with Crippen LogP contribution in [0.2, 0.25) is 0 Å². The van der Waals surface area contributed by atoms with Gasteiger partial charge in [0, 0.05) is 11.0 Å². The van der Waals surface area contributed by atoms with E-state index in [1.807, 2.05) is 13.8 Å². The lowest BCUT2D eigenvalue weighted by Crippen LogP contribution is -2.66. The average molecular weight is 358 g/mol. The van der Waals surface area contributed by atoms with E-state index in [4.69, 9.17) is 18.9 Å². The Morgan fingerprint density at radius 3 is 2.73 bits per heavy atom. The monoisotopic (exact) mass is 358 g/mol. The van der Waals surface area contributed by atoms with Crippen LogP contribution >= 0.6 is 0 Å². The van der Waals surface area contributed by atoms with Crippen molar-refractivity contribution in [2.24, 2.45) is 17.3 Å². The first-order chi connectivity index (χ1) is 12.3. The van der Waals surface area contributed by atoms with Gasteiger partial charge in [-0.3, -0.25) is 4.79 Å². The van der Waals surface area contributed by atoms with E-state index >= 15 is 0 Å². The molecule has 0 aromatic rings. The number of rotatable bonds is 1. The van der Waals surface area contributed by atoms with Crippen LogP contribution in [-0.2, 0) is 28.5 Å². The number of cyclic esters (lactones) is 1. The highest BCUT2D eigenvalue weighted by atomic mass is 16.7. The molecule has 0 N–H and O–H groups in total. The molecule has 8 atom stereocenters. The van der Waals surface area contributed by atoms with Gasteiger partial charge in [0.05, 0.1) is 6.10 Å². The largest absolute Gasteiger partial charge is 0.458 e. The van der Waals surface area contributed by atoms with Crippen molar-refractivity contribution in [2.45, 2.75) is 75.1 Å². The summed E-state index contributed by atoms with van der Waals surface area (Å²) >= 11 is 0. The molecular formula is C20H22O6. The number of carbonyl (C=O) groups excluding carboxylic acids is 2. The first-order valence-corrected chi connectivity index (χ1v) is 9.81.